The molecule has 1 saturated heterocycles. The van der Waals surface area contributed by atoms with E-state index < -0.39 is 0 Å². The Morgan fingerprint density at radius 1 is 1.47 bits per heavy atom. The summed E-state index contributed by atoms with van der Waals surface area (Å²) in [6.45, 7) is 2.62. The molecule has 0 amide bonds. The highest BCUT2D eigenvalue weighted by atomic mass is 35.5. The fourth-order valence-corrected chi connectivity index (χ4v) is 3.51. The van der Waals surface area contributed by atoms with Crippen LogP contribution >= 0.6 is 22.9 Å². The van der Waals surface area contributed by atoms with Gasteiger partial charge in [-0.1, -0.05) is 11.6 Å². The molecule has 1 aromatic heterocycles. The molecule has 1 saturated carbocycles. The van der Waals surface area contributed by atoms with Gasteiger partial charge in [-0.2, -0.15) is 0 Å². The number of rotatable bonds is 3. The molecule has 0 atom stereocenters. The van der Waals surface area contributed by atoms with Gasteiger partial charge in [0.25, 0.3) is 0 Å². The molecule has 4 heteroatoms. The average molecular weight is 244 g/mol. The van der Waals surface area contributed by atoms with E-state index >= 15 is 0 Å². The van der Waals surface area contributed by atoms with Crippen molar-refractivity contribution in [1.82, 2.24) is 4.90 Å². The Balaban J connectivity index is 1.55. The van der Waals surface area contributed by atoms with Crippen LogP contribution in [0.25, 0.3) is 0 Å². The lowest BCUT2D eigenvalue weighted by Gasteiger charge is -2.47. The van der Waals surface area contributed by atoms with Gasteiger partial charge in [-0.05, 0) is 30.9 Å². The normalized spacial score (nSPS) is 25.2. The van der Waals surface area contributed by atoms with Crippen LogP contribution in [0.5, 0.6) is 0 Å². The number of likely N-dealkylation sites (tertiary alicyclic amines) is 1. The first kappa shape index (κ1) is 10.1. The first-order valence-corrected chi connectivity index (χ1v) is 6.54. The van der Waals surface area contributed by atoms with E-state index in [1.165, 1.54) is 17.7 Å². The molecule has 2 nitrogen and oxygen atoms in total. The van der Waals surface area contributed by atoms with Gasteiger partial charge in [0.1, 0.15) is 0 Å². The van der Waals surface area contributed by atoms with Gasteiger partial charge in [-0.15, -0.1) is 11.3 Å². The van der Waals surface area contributed by atoms with Crippen LogP contribution in [0.3, 0.4) is 0 Å². The predicted octanol–water partition coefficient (Wildman–Crippen LogP) is 2.36. The summed E-state index contributed by atoms with van der Waals surface area (Å²) in [5.41, 5.74) is -0.360. The van der Waals surface area contributed by atoms with Crippen molar-refractivity contribution in [2.24, 2.45) is 5.92 Å². The number of hydrogen-bond acceptors (Lipinski definition) is 3. The van der Waals surface area contributed by atoms with Gasteiger partial charge in [0, 0.05) is 24.5 Å². The molecule has 1 N–H and O–H groups in total. The van der Waals surface area contributed by atoms with Crippen LogP contribution in [-0.4, -0.2) is 28.7 Å². The van der Waals surface area contributed by atoms with Crippen LogP contribution in [0.4, 0.5) is 0 Å². The molecule has 0 spiro atoms. The summed E-state index contributed by atoms with van der Waals surface area (Å²) in [7, 11) is 0. The second-order valence-corrected chi connectivity index (χ2v) is 6.53. The van der Waals surface area contributed by atoms with Gasteiger partial charge in [0.2, 0.25) is 0 Å². The van der Waals surface area contributed by atoms with E-state index in [1.807, 2.05) is 6.07 Å². The second-order valence-electron chi connectivity index (χ2n) is 4.73. The van der Waals surface area contributed by atoms with Crippen molar-refractivity contribution in [3.8, 4) is 0 Å². The number of thiophene rings is 1. The Kier molecular flexibility index (Phi) is 2.32. The fraction of sp³-hybridized carbons (Fsp3) is 0.636. The Labute approximate surface area is 98.5 Å². The summed E-state index contributed by atoms with van der Waals surface area (Å²) in [5.74, 6) is 0.584. The summed E-state index contributed by atoms with van der Waals surface area (Å²) in [6, 6.07) is 4.01. The van der Waals surface area contributed by atoms with Crippen LogP contribution in [0.15, 0.2) is 12.1 Å². The summed E-state index contributed by atoms with van der Waals surface area (Å²) >= 11 is 7.50. The first-order chi connectivity index (χ1) is 7.16. The van der Waals surface area contributed by atoms with E-state index in [0.29, 0.717) is 5.92 Å². The van der Waals surface area contributed by atoms with Crippen LogP contribution in [0.1, 0.15) is 17.7 Å². The maximum atomic E-state index is 10.1. The monoisotopic (exact) mass is 243 g/mol. The molecule has 1 aromatic rings. The van der Waals surface area contributed by atoms with Crippen molar-refractivity contribution in [3.05, 3.63) is 21.3 Å². The van der Waals surface area contributed by atoms with Gasteiger partial charge in [0.05, 0.1) is 9.94 Å². The van der Waals surface area contributed by atoms with Gasteiger partial charge < -0.3 is 5.11 Å². The van der Waals surface area contributed by atoms with E-state index in [-0.39, 0.29) is 5.60 Å². The molecule has 0 bridgehead atoms. The minimum atomic E-state index is -0.360. The van der Waals surface area contributed by atoms with E-state index in [1.54, 1.807) is 11.3 Å². The molecule has 1 aliphatic heterocycles. The maximum absolute atomic E-state index is 10.1. The minimum absolute atomic E-state index is 0.360. The molecule has 0 unspecified atom stereocenters. The third-order valence-corrected chi connectivity index (χ3v) is 4.56. The Morgan fingerprint density at radius 3 is 2.73 bits per heavy atom. The molecule has 1 aliphatic carbocycles. The molecule has 2 aliphatic rings. The number of halogens is 1. The summed E-state index contributed by atoms with van der Waals surface area (Å²) < 4.78 is 0.850. The molecule has 15 heavy (non-hydrogen) atoms. The van der Waals surface area contributed by atoms with E-state index in [0.717, 1.165) is 24.0 Å². The van der Waals surface area contributed by atoms with Crippen molar-refractivity contribution in [3.63, 3.8) is 0 Å². The van der Waals surface area contributed by atoms with E-state index in [2.05, 4.69) is 11.0 Å². The Bertz CT molecular complexity index is 368. The maximum Gasteiger partial charge on any atom is 0.0931 e. The lowest BCUT2D eigenvalue weighted by atomic mass is 9.89. The van der Waals surface area contributed by atoms with Crippen molar-refractivity contribution >= 4 is 22.9 Å². The van der Waals surface area contributed by atoms with Crippen molar-refractivity contribution in [2.75, 3.05) is 13.1 Å². The number of β-amino-alcohol motifs (C(OH)–C–C–N with tert-alkyl or cyclic N) is 1. The molecular weight excluding hydrogens is 230 g/mol. The molecule has 2 heterocycles. The van der Waals surface area contributed by atoms with Gasteiger partial charge >= 0.3 is 0 Å². The zero-order valence-corrected chi connectivity index (χ0v) is 10.0. The smallest absolute Gasteiger partial charge is 0.0931 e. The lowest BCUT2D eigenvalue weighted by molar-refractivity contribution is -0.116. The topological polar surface area (TPSA) is 23.5 Å². The average Bonchev–Trinajstić information content (AvgIpc) is 2.90. The summed E-state index contributed by atoms with van der Waals surface area (Å²) in [4.78, 5) is 3.58. The van der Waals surface area contributed by atoms with Gasteiger partial charge in [-0.3, -0.25) is 4.90 Å². The van der Waals surface area contributed by atoms with Crippen molar-refractivity contribution in [1.29, 1.82) is 0 Å². The third kappa shape index (κ3) is 1.94. The quantitative estimate of drug-likeness (QED) is 0.881. The number of hydrogen-bond donors (Lipinski definition) is 1. The summed E-state index contributed by atoms with van der Waals surface area (Å²) in [6.07, 6.45) is 2.43. The van der Waals surface area contributed by atoms with Crippen LogP contribution < -0.4 is 0 Å². The third-order valence-electron chi connectivity index (χ3n) is 3.34. The highest BCUT2D eigenvalue weighted by Gasteiger charge is 2.51. The largest absolute Gasteiger partial charge is 0.387 e. The SMILES string of the molecule is OC1(C2CC2)CN(Cc2ccc(Cl)s2)C1. The molecule has 0 aromatic carbocycles. The highest BCUT2D eigenvalue weighted by Crippen LogP contribution is 2.45. The molecule has 82 valence electrons. The number of aliphatic hydroxyl groups is 1. The van der Waals surface area contributed by atoms with Crippen LogP contribution in [0, 0.1) is 5.92 Å². The Morgan fingerprint density at radius 2 is 2.20 bits per heavy atom. The zero-order valence-electron chi connectivity index (χ0n) is 8.45. The van der Waals surface area contributed by atoms with Crippen molar-refractivity contribution in [2.45, 2.75) is 25.0 Å². The second kappa shape index (κ2) is 3.45. The minimum Gasteiger partial charge on any atom is -0.387 e. The molecular formula is C11H14ClNOS. The van der Waals surface area contributed by atoms with Gasteiger partial charge in [-0.25, -0.2) is 0 Å². The molecule has 2 fully saturated rings. The van der Waals surface area contributed by atoms with Crippen LogP contribution in [-0.2, 0) is 6.54 Å². The molecule has 3 rings (SSSR count). The van der Waals surface area contributed by atoms with E-state index in [4.69, 9.17) is 11.6 Å². The fourth-order valence-electron chi connectivity index (χ4n) is 2.38. The lowest BCUT2D eigenvalue weighted by Crippen LogP contribution is -2.62. The number of nitrogens with zero attached hydrogens (tertiary/aromatic N) is 1. The van der Waals surface area contributed by atoms with Gasteiger partial charge in [0.15, 0.2) is 0 Å². The van der Waals surface area contributed by atoms with Crippen molar-refractivity contribution < 1.29 is 5.11 Å². The zero-order chi connectivity index (χ0) is 10.5. The summed E-state index contributed by atoms with van der Waals surface area (Å²) in [5, 5.41) is 10.1. The van der Waals surface area contributed by atoms with Crippen LogP contribution in [0.2, 0.25) is 4.34 Å². The highest BCUT2D eigenvalue weighted by molar-refractivity contribution is 7.16. The standard InChI is InChI=1S/C11H14ClNOS/c12-10-4-3-9(15-10)5-13-6-11(14,7-13)8-1-2-8/h3-4,8,14H,1-2,5-7H2. The van der Waals surface area contributed by atoms with E-state index in [9.17, 15) is 5.11 Å². The Hall–Kier alpha value is -0.0900. The first-order valence-electron chi connectivity index (χ1n) is 5.35. The molecule has 0 radical (unpaired) electrons. The predicted molar refractivity (Wildman–Crippen MR) is 62.3 cm³/mol.